The molecule has 1 rings (SSSR count). The van der Waals surface area contributed by atoms with E-state index < -0.39 is 6.10 Å². The van der Waals surface area contributed by atoms with Crippen LogP contribution in [-0.4, -0.2) is 37.0 Å². The molecule has 0 saturated carbocycles. The molecular formula is C15H24N2O2. The molecule has 0 aromatic heterocycles. The van der Waals surface area contributed by atoms with Crippen LogP contribution in [-0.2, 0) is 4.79 Å². The SMILES string of the molecule is CC(Oc1ccccc1)C(=O)N(C)CC(C)(C)CN. The summed E-state index contributed by atoms with van der Waals surface area (Å²) in [5, 5.41) is 0. The molecule has 106 valence electrons. The summed E-state index contributed by atoms with van der Waals surface area (Å²) in [5.41, 5.74) is 5.60. The highest BCUT2D eigenvalue weighted by Crippen LogP contribution is 2.16. The van der Waals surface area contributed by atoms with Crippen LogP contribution in [0, 0.1) is 5.41 Å². The van der Waals surface area contributed by atoms with Crippen molar-refractivity contribution >= 4 is 5.91 Å². The van der Waals surface area contributed by atoms with E-state index in [1.54, 1.807) is 18.9 Å². The average Bonchev–Trinajstić information content (AvgIpc) is 2.38. The number of rotatable bonds is 6. The van der Waals surface area contributed by atoms with Crippen molar-refractivity contribution in [2.24, 2.45) is 11.1 Å². The van der Waals surface area contributed by atoms with Crippen molar-refractivity contribution in [3.63, 3.8) is 0 Å². The minimum absolute atomic E-state index is 0.0367. The van der Waals surface area contributed by atoms with Gasteiger partial charge in [-0.15, -0.1) is 0 Å². The predicted molar refractivity (Wildman–Crippen MR) is 77.0 cm³/mol. The number of nitrogens with zero attached hydrogens (tertiary/aromatic N) is 1. The third kappa shape index (κ3) is 4.91. The molecule has 19 heavy (non-hydrogen) atoms. The van der Waals surface area contributed by atoms with Crippen LogP contribution in [0.25, 0.3) is 0 Å². The number of hydrogen-bond donors (Lipinski definition) is 1. The highest BCUT2D eigenvalue weighted by molar-refractivity contribution is 5.80. The summed E-state index contributed by atoms with van der Waals surface area (Å²) in [6, 6.07) is 9.36. The van der Waals surface area contributed by atoms with Crippen molar-refractivity contribution < 1.29 is 9.53 Å². The predicted octanol–water partition coefficient (Wildman–Crippen LogP) is 1.90. The lowest BCUT2D eigenvalue weighted by Crippen LogP contribution is -2.44. The van der Waals surface area contributed by atoms with Crippen LogP contribution >= 0.6 is 0 Å². The Labute approximate surface area is 115 Å². The zero-order valence-electron chi connectivity index (χ0n) is 12.2. The molecule has 0 aliphatic carbocycles. The van der Waals surface area contributed by atoms with Gasteiger partial charge in [-0.2, -0.15) is 0 Å². The summed E-state index contributed by atoms with van der Waals surface area (Å²) < 4.78 is 5.62. The number of para-hydroxylation sites is 1. The van der Waals surface area contributed by atoms with Gasteiger partial charge in [-0.05, 0) is 31.0 Å². The Morgan fingerprint density at radius 1 is 1.37 bits per heavy atom. The van der Waals surface area contributed by atoms with E-state index in [2.05, 4.69) is 0 Å². The van der Waals surface area contributed by atoms with E-state index >= 15 is 0 Å². The molecule has 1 atom stereocenters. The Bertz CT molecular complexity index is 404. The maximum absolute atomic E-state index is 12.2. The summed E-state index contributed by atoms with van der Waals surface area (Å²) in [6.45, 7) is 7.00. The molecule has 0 bridgehead atoms. The quantitative estimate of drug-likeness (QED) is 0.853. The van der Waals surface area contributed by atoms with Crippen LogP contribution in [0.2, 0.25) is 0 Å². The van der Waals surface area contributed by atoms with Gasteiger partial charge in [-0.1, -0.05) is 32.0 Å². The number of carbonyl (C=O) groups excluding carboxylic acids is 1. The second-order valence-electron chi connectivity index (χ2n) is 5.64. The van der Waals surface area contributed by atoms with E-state index in [0.29, 0.717) is 18.8 Å². The zero-order valence-corrected chi connectivity index (χ0v) is 12.2. The molecular weight excluding hydrogens is 240 g/mol. The first kappa shape index (κ1) is 15.5. The lowest BCUT2D eigenvalue weighted by molar-refractivity contribution is -0.137. The van der Waals surface area contributed by atoms with Crippen molar-refractivity contribution in [1.29, 1.82) is 0 Å². The van der Waals surface area contributed by atoms with Crippen molar-refractivity contribution in [3.8, 4) is 5.75 Å². The summed E-state index contributed by atoms with van der Waals surface area (Å²) in [6.07, 6.45) is -0.499. The number of hydrogen-bond acceptors (Lipinski definition) is 3. The molecule has 1 amide bonds. The summed E-state index contributed by atoms with van der Waals surface area (Å²) in [4.78, 5) is 13.9. The molecule has 4 nitrogen and oxygen atoms in total. The van der Waals surface area contributed by atoms with Crippen molar-refractivity contribution in [1.82, 2.24) is 4.90 Å². The minimum Gasteiger partial charge on any atom is -0.481 e. The van der Waals surface area contributed by atoms with E-state index in [9.17, 15) is 4.79 Å². The van der Waals surface area contributed by atoms with Gasteiger partial charge < -0.3 is 15.4 Å². The van der Waals surface area contributed by atoms with Gasteiger partial charge in [-0.3, -0.25) is 4.79 Å². The van der Waals surface area contributed by atoms with Crippen LogP contribution in [0.3, 0.4) is 0 Å². The molecule has 4 heteroatoms. The van der Waals surface area contributed by atoms with Crippen LogP contribution < -0.4 is 10.5 Å². The normalized spacial score (nSPS) is 12.9. The molecule has 1 unspecified atom stereocenters. The zero-order chi connectivity index (χ0) is 14.5. The maximum atomic E-state index is 12.2. The Hall–Kier alpha value is -1.55. The lowest BCUT2D eigenvalue weighted by Gasteiger charge is -2.30. The van der Waals surface area contributed by atoms with Gasteiger partial charge in [0.1, 0.15) is 5.75 Å². The number of ether oxygens (including phenoxy) is 1. The van der Waals surface area contributed by atoms with Crippen molar-refractivity contribution in [3.05, 3.63) is 30.3 Å². The molecule has 0 aliphatic rings. The molecule has 0 saturated heterocycles. The molecule has 0 radical (unpaired) electrons. The van der Waals surface area contributed by atoms with E-state index in [1.807, 2.05) is 44.2 Å². The summed E-state index contributed by atoms with van der Waals surface area (Å²) >= 11 is 0. The lowest BCUT2D eigenvalue weighted by atomic mass is 9.93. The van der Waals surface area contributed by atoms with E-state index in [-0.39, 0.29) is 11.3 Å². The Morgan fingerprint density at radius 2 is 1.95 bits per heavy atom. The second-order valence-corrected chi connectivity index (χ2v) is 5.64. The van der Waals surface area contributed by atoms with Crippen molar-refractivity contribution in [2.75, 3.05) is 20.1 Å². The van der Waals surface area contributed by atoms with E-state index in [1.165, 1.54) is 0 Å². The Morgan fingerprint density at radius 3 is 2.47 bits per heavy atom. The molecule has 0 aliphatic heterocycles. The first-order valence-electron chi connectivity index (χ1n) is 6.52. The smallest absolute Gasteiger partial charge is 0.263 e. The topological polar surface area (TPSA) is 55.6 Å². The van der Waals surface area contributed by atoms with Crippen LogP contribution in [0.5, 0.6) is 5.75 Å². The van der Waals surface area contributed by atoms with Crippen LogP contribution in [0.1, 0.15) is 20.8 Å². The van der Waals surface area contributed by atoms with Gasteiger partial charge in [0, 0.05) is 13.6 Å². The molecule has 1 aromatic carbocycles. The fourth-order valence-electron chi connectivity index (χ4n) is 1.85. The van der Waals surface area contributed by atoms with Gasteiger partial charge in [0.05, 0.1) is 0 Å². The third-order valence-electron chi connectivity index (χ3n) is 3.00. The van der Waals surface area contributed by atoms with Crippen LogP contribution in [0.15, 0.2) is 30.3 Å². The third-order valence-corrected chi connectivity index (χ3v) is 3.00. The first-order valence-corrected chi connectivity index (χ1v) is 6.52. The molecule has 1 aromatic rings. The number of likely N-dealkylation sites (N-methyl/N-ethyl adjacent to an activating group) is 1. The standard InChI is InChI=1S/C15H24N2O2/c1-12(19-13-8-6-5-7-9-13)14(18)17(4)11-15(2,3)10-16/h5-9,12H,10-11,16H2,1-4H3. The monoisotopic (exact) mass is 264 g/mol. The number of benzene rings is 1. The van der Waals surface area contributed by atoms with Crippen LogP contribution in [0.4, 0.5) is 0 Å². The van der Waals surface area contributed by atoms with Gasteiger partial charge in [0.2, 0.25) is 0 Å². The average molecular weight is 264 g/mol. The van der Waals surface area contributed by atoms with Gasteiger partial charge in [0.25, 0.3) is 5.91 Å². The van der Waals surface area contributed by atoms with Crippen molar-refractivity contribution in [2.45, 2.75) is 26.9 Å². The number of carbonyl (C=O) groups is 1. The number of amides is 1. The van der Waals surface area contributed by atoms with Gasteiger partial charge in [-0.25, -0.2) is 0 Å². The molecule has 0 heterocycles. The highest BCUT2D eigenvalue weighted by Gasteiger charge is 2.25. The summed E-state index contributed by atoms with van der Waals surface area (Å²) in [5.74, 6) is 0.667. The highest BCUT2D eigenvalue weighted by atomic mass is 16.5. The Balaban J connectivity index is 2.57. The van der Waals surface area contributed by atoms with E-state index in [4.69, 9.17) is 10.5 Å². The fourth-order valence-corrected chi connectivity index (χ4v) is 1.85. The largest absolute Gasteiger partial charge is 0.481 e. The first-order chi connectivity index (χ1) is 8.85. The fraction of sp³-hybridized carbons (Fsp3) is 0.533. The van der Waals surface area contributed by atoms with E-state index in [0.717, 1.165) is 0 Å². The summed E-state index contributed by atoms with van der Waals surface area (Å²) in [7, 11) is 1.78. The number of nitrogens with two attached hydrogens (primary N) is 1. The maximum Gasteiger partial charge on any atom is 0.263 e. The minimum atomic E-state index is -0.499. The Kier molecular flexibility index (Phi) is 5.36. The second kappa shape index (κ2) is 6.57. The van der Waals surface area contributed by atoms with Gasteiger partial charge in [0.15, 0.2) is 6.10 Å². The molecule has 0 fully saturated rings. The molecule has 2 N–H and O–H groups in total. The van der Waals surface area contributed by atoms with Gasteiger partial charge >= 0.3 is 0 Å². The molecule has 0 spiro atoms.